The second-order valence-corrected chi connectivity index (χ2v) is 3.92. The van der Waals surface area contributed by atoms with Crippen molar-refractivity contribution in [3.8, 4) is 6.07 Å². The molecule has 0 aromatic heterocycles. The third-order valence-electron chi connectivity index (χ3n) is 2.82. The molecule has 0 saturated carbocycles. The highest BCUT2D eigenvalue weighted by molar-refractivity contribution is 5.33. The fourth-order valence-electron chi connectivity index (χ4n) is 1.94. The Hall–Kier alpha value is -1.37. The number of nitrogens with one attached hydrogen (secondary N) is 1. The monoisotopic (exact) mass is 202 g/mol. The van der Waals surface area contributed by atoms with E-state index in [-0.39, 0.29) is 12.1 Å². The molecule has 2 rings (SSSR count). The van der Waals surface area contributed by atoms with Gasteiger partial charge in [0.1, 0.15) is 0 Å². The molecule has 15 heavy (non-hydrogen) atoms. The van der Waals surface area contributed by atoms with Crippen LogP contribution in [0.1, 0.15) is 30.0 Å². The minimum absolute atomic E-state index is 0.202. The van der Waals surface area contributed by atoms with Crippen LogP contribution in [-0.2, 0) is 0 Å². The molecule has 0 spiro atoms. The highest BCUT2D eigenvalue weighted by Crippen LogP contribution is 2.23. The minimum Gasteiger partial charge on any atom is -0.393 e. The number of piperidine rings is 1. The van der Waals surface area contributed by atoms with Crippen molar-refractivity contribution in [2.24, 2.45) is 0 Å². The Bertz CT molecular complexity index is 366. The van der Waals surface area contributed by atoms with Crippen LogP contribution >= 0.6 is 0 Å². The second-order valence-electron chi connectivity index (χ2n) is 3.92. The molecule has 1 aromatic rings. The summed E-state index contributed by atoms with van der Waals surface area (Å²) in [7, 11) is 0. The first-order valence-corrected chi connectivity index (χ1v) is 5.21. The van der Waals surface area contributed by atoms with Gasteiger partial charge < -0.3 is 10.4 Å². The second kappa shape index (κ2) is 4.43. The summed E-state index contributed by atoms with van der Waals surface area (Å²) in [6, 6.07) is 9.86. The van der Waals surface area contributed by atoms with Gasteiger partial charge in [0.2, 0.25) is 0 Å². The smallest absolute Gasteiger partial charge is 0.0991 e. The summed E-state index contributed by atoms with van der Waals surface area (Å²) in [6.45, 7) is 0.853. The van der Waals surface area contributed by atoms with Gasteiger partial charge in [0.25, 0.3) is 0 Å². The van der Waals surface area contributed by atoms with Gasteiger partial charge in [-0.25, -0.2) is 0 Å². The third kappa shape index (κ3) is 2.35. The lowest BCUT2D eigenvalue weighted by Crippen LogP contribution is -2.34. The van der Waals surface area contributed by atoms with Crippen LogP contribution in [0.25, 0.3) is 0 Å². The Morgan fingerprint density at radius 2 is 2.07 bits per heavy atom. The van der Waals surface area contributed by atoms with E-state index in [0.717, 1.165) is 24.9 Å². The van der Waals surface area contributed by atoms with Crippen LogP contribution in [0.3, 0.4) is 0 Å². The van der Waals surface area contributed by atoms with Gasteiger partial charge in [-0.3, -0.25) is 0 Å². The number of nitriles is 1. The van der Waals surface area contributed by atoms with Crippen LogP contribution < -0.4 is 5.32 Å². The van der Waals surface area contributed by atoms with Crippen LogP contribution in [0.4, 0.5) is 0 Å². The first kappa shape index (κ1) is 10.2. The highest BCUT2D eigenvalue weighted by atomic mass is 16.3. The number of hydrogen-bond donors (Lipinski definition) is 2. The average Bonchev–Trinajstić information content (AvgIpc) is 2.29. The number of aliphatic hydroxyl groups is 1. The van der Waals surface area contributed by atoms with Gasteiger partial charge in [0, 0.05) is 6.04 Å². The lowest BCUT2D eigenvalue weighted by molar-refractivity contribution is 0.117. The standard InChI is InChI=1S/C12H14N2O/c13-8-9-1-3-10(4-2-9)12-7-11(15)5-6-14-12/h1-4,11-12,14-15H,5-7H2. The lowest BCUT2D eigenvalue weighted by Gasteiger charge is -2.27. The van der Waals surface area contributed by atoms with E-state index in [1.165, 1.54) is 0 Å². The first-order chi connectivity index (χ1) is 7.29. The van der Waals surface area contributed by atoms with Crippen molar-refractivity contribution in [1.82, 2.24) is 5.32 Å². The molecule has 1 aliphatic heterocycles. The Balaban J connectivity index is 2.12. The fraction of sp³-hybridized carbons (Fsp3) is 0.417. The van der Waals surface area contributed by atoms with Gasteiger partial charge in [-0.1, -0.05) is 12.1 Å². The van der Waals surface area contributed by atoms with E-state index in [9.17, 15) is 5.11 Å². The summed E-state index contributed by atoms with van der Waals surface area (Å²) >= 11 is 0. The van der Waals surface area contributed by atoms with E-state index in [0.29, 0.717) is 5.56 Å². The topological polar surface area (TPSA) is 56.0 Å². The Kier molecular flexibility index (Phi) is 3.00. The van der Waals surface area contributed by atoms with Crippen molar-refractivity contribution in [3.05, 3.63) is 35.4 Å². The molecule has 0 aliphatic carbocycles. The quantitative estimate of drug-likeness (QED) is 0.722. The number of benzene rings is 1. The van der Waals surface area contributed by atoms with Crippen molar-refractivity contribution < 1.29 is 5.11 Å². The molecule has 1 saturated heterocycles. The predicted molar refractivity (Wildman–Crippen MR) is 57.1 cm³/mol. The molecule has 0 bridgehead atoms. The molecule has 0 radical (unpaired) electrons. The molecule has 0 amide bonds. The fourth-order valence-corrected chi connectivity index (χ4v) is 1.94. The number of rotatable bonds is 1. The van der Waals surface area contributed by atoms with Gasteiger partial charge in [0.05, 0.1) is 17.7 Å². The zero-order chi connectivity index (χ0) is 10.7. The third-order valence-corrected chi connectivity index (χ3v) is 2.82. The van der Waals surface area contributed by atoms with E-state index >= 15 is 0 Å². The van der Waals surface area contributed by atoms with Crippen LogP contribution in [0.5, 0.6) is 0 Å². The van der Waals surface area contributed by atoms with Gasteiger partial charge >= 0.3 is 0 Å². The zero-order valence-electron chi connectivity index (χ0n) is 8.48. The van der Waals surface area contributed by atoms with Crippen molar-refractivity contribution in [1.29, 1.82) is 5.26 Å². The van der Waals surface area contributed by atoms with E-state index in [1.54, 1.807) is 0 Å². The van der Waals surface area contributed by atoms with E-state index in [4.69, 9.17) is 5.26 Å². The molecule has 78 valence electrons. The number of aliphatic hydroxyl groups excluding tert-OH is 1. The minimum atomic E-state index is -0.202. The SMILES string of the molecule is N#Cc1ccc(C2CC(O)CCN2)cc1. The van der Waals surface area contributed by atoms with E-state index in [1.807, 2.05) is 24.3 Å². The molecule has 2 atom stereocenters. The van der Waals surface area contributed by atoms with Gasteiger partial charge in [-0.05, 0) is 37.1 Å². The molecule has 2 N–H and O–H groups in total. The summed E-state index contributed by atoms with van der Waals surface area (Å²) in [5.41, 5.74) is 1.82. The van der Waals surface area contributed by atoms with Crippen LogP contribution in [0.15, 0.2) is 24.3 Å². The molecule has 3 nitrogen and oxygen atoms in total. The molecule has 1 heterocycles. The molecule has 1 aliphatic rings. The summed E-state index contributed by atoms with van der Waals surface area (Å²) in [6.07, 6.45) is 1.38. The average molecular weight is 202 g/mol. The van der Waals surface area contributed by atoms with Crippen molar-refractivity contribution in [2.75, 3.05) is 6.54 Å². The molecule has 1 aromatic carbocycles. The maximum atomic E-state index is 9.55. The highest BCUT2D eigenvalue weighted by Gasteiger charge is 2.20. The maximum absolute atomic E-state index is 9.55. The normalized spacial score (nSPS) is 25.9. The summed E-state index contributed by atoms with van der Waals surface area (Å²) in [5, 5.41) is 21.6. The summed E-state index contributed by atoms with van der Waals surface area (Å²) in [5.74, 6) is 0. The van der Waals surface area contributed by atoms with Crippen LogP contribution in [0.2, 0.25) is 0 Å². The summed E-state index contributed by atoms with van der Waals surface area (Å²) < 4.78 is 0. The molecule has 3 heteroatoms. The number of hydrogen-bond acceptors (Lipinski definition) is 3. The van der Waals surface area contributed by atoms with Crippen molar-refractivity contribution >= 4 is 0 Å². The Labute approximate surface area is 89.4 Å². The molecule has 1 fully saturated rings. The summed E-state index contributed by atoms with van der Waals surface area (Å²) in [4.78, 5) is 0. The predicted octanol–water partition coefficient (Wildman–Crippen LogP) is 1.34. The Morgan fingerprint density at radius 1 is 1.33 bits per heavy atom. The zero-order valence-corrected chi connectivity index (χ0v) is 8.48. The molecular formula is C12H14N2O. The number of nitrogens with zero attached hydrogens (tertiary/aromatic N) is 1. The van der Waals surface area contributed by atoms with Gasteiger partial charge in [0.15, 0.2) is 0 Å². The van der Waals surface area contributed by atoms with Gasteiger partial charge in [-0.2, -0.15) is 5.26 Å². The maximum Gasteiger partial charge on any atom is 0.0991 e. The lowest BCUT2D eigenvalue weighted by atomic mass is 9.95. The van der Waals surface area contributed by atoms with E-state index in [2.05, 4.69) is 11.4 Å². The van der Waals surface area contributed by atoms with E-state index < -0.39 is 0 Å². The molecule has 2 unspecified atom stereocenters. The molecular weight excluding hydrogens is 188 g/mol. The Morgan fingerprint density at radius 3 is 2.67 bits per heavy atom. The first-order valence-electron chi connectivity index (χ1n) is 5.21. The largest absolute Gasteiger partial charge is 0.393 e. The van der Waals surface area contributed by atoms with Gasteiger partial charge in [-0.15, -0.1) is 0 Å². The van der Waals surface area contributed by atoms with Crippen LogP contribution in [0, 0.1) is 11.3 Å². The van der Waals surface area contributed by atoms with Crippen molar-refractivity contribution in [2.45, 2.75) is 25.0 Å². The van der Waals surface area contributed by atoms with Crippen LogP contribution in [-0.4, -0.2) is 17.8 Å². The van der Waals surface area contributed by atoms with Crippen molar-refractivity contribution in [3.63, 3.8) is 0 Å².